The van der Waals surface area contributed by atoms with E-state index in [-0.39, 0.29) is 5.82 Å². The lowest BCUT2D eigenvalue weighted by Crippen LogP contribution is -2.03. The van der Waals surface area contributed by atoms with Gasteiger partial charge in [0.25, 0.3) is 0 Å². The summed E-state index contributed by atoms with van der Waals surface area (Å²) in [6.45, 7) is 2.72. The molecule has 0 atom stereocenters. The van der Waals surface area contributed by atoms with Crippen molar-refractivity contribution in [2.75, 3.05) is 0 Å². The number of rotatable bonds is 3. The van der Waals surface area contributed by atoms with Gasteiger partial charge in [0.2, 0.25) is 0 Å². The van der Waals surface area contributed by atoms with Crippen molar-refractivity contribution >= 4 is 10.9 Å². The largest absolute Gasteiger partial charge is 0.264 e. The number of hydrogen-bond donors (Lipinski definition) is 0. The molecule has 0 spiro atoms. The second-order valence-corrected chi connectivity index (χ2v) is 4.71. The van der Waals surface area contributed by atoms with Crippen LogP contribution in [0, 0.1) is 12.7 Å². The van der Waals surface area contributed by atoms with E-state index in [9.17, 15) is 4.39 Å². The molecule has 0 bridgehead atoms. The molecule has 0 aliphatic carbocycles. The van der Waals surface area contributed by atoms with Crippen LogP contribution >= 0.6 is 0 Å². The first kappa shape index (κ1) is 11.9. The summed E-state index contributed by atoms with van der Waals surface area (Å²) >= 11 is 0. The molecule has 0 aliphatic heterocycles. The minimum Gasteiger partial charge on any atom is -0.264 e. The highest BCUT2D eigenvalue weighted by molar-refractivity contribution is 5.81. The van der Waals surface area contributed by atoms with E-state index in [2.05, 4.69) is 17.2 Å². The quantitative estimate of drug-likeness (QED) is 0.696. The Hall–Kier alpha value is -2.16. The zero-order valence-electron chi connectivity index (χ0n) is 10.8. The van der Waals surface area contributed by atoms with Gasteiger partial charge in [-0.1, -0.05) is 30.3 Å². The van der Waals surface area contributed by atoms with E-state index in [0.29, 0.717) is 0 Å². The number of aryl methyl sites for hydroxylation is 3. The highest BCUT2D eigenvalue weighted by atomic mass is 19.1. The van der Waals surface area contributed by atoms with Crippen LogP contribution in [0.1, 0.15) is 11.3 Å². The molecule has 0 unspecified atom stereocenters. The summed E-state index contributed by atoms with van der Waals surface area (Å²) in [6.07, 6.45) is 0.925. The van der Waals surface area contributed by atoms with Gasteiger partial charge in [-0.15, -0.1) is 0 Å². The van der Waals surface area contributed by atoms with Gasteiger partial charge in [0.15, 0.2) is 0 Å². The molecule has 0 saturated carbocycles. The molecule has 3 heteroatoms. The van der Waals surface area contributed by atoms with Crippen LogP contribution < -0.4 is 0 Å². The predicted molar refractivity (Wildman–Crippen MR) is 74.6 cm³/mol. The Kier molecular flexibility index (Phi) is 3.03. The van der Waals surface area contributed by atoms with Gasteiger partial charge >= 0.3 is 0 Å². The molecule has 96 valence electrons. The van der Waals surface area contributed by atoms with Crippen LogP contribution in [0.15, 0.2) is 48.5 Å². The first-order chi connectivity index (χ1) is 9.24. The van der Waals surface area contributed by atoms with Gasteiger partial charge < -0.3 is 0 Å². The molecule has 2 aromatic carbocycles. The summed E-state index contributed by atoms with van der Waals surface area (Å²) in [5.41, 5.74) is 3.16. The van der Waals surface area contributed by atoms with Crippen molar-refractivity contribution in [2.45, 2.75) is 19.9 Å². The third-order valence-electron chi connectivity index (χ3n) is 3.35. The van der Waals surface area contributed by atoms with Crippen LogP contribution in [-0.2, 0) is 13.0 Å². The SMILES string of the molecule is Cc1nn(CCc2ccccc2)c2ccc(F)cc12. The van der Waals surface area contributed by atoms with Crippen LogP contribution in [-0.4, -0.2) is 9.78 Å². The third-order valence-corrected chi connectivity index (χ3v) is 3.35. The second-order valence-electron chi connectivity index (χ2n) is 4.71. The van der Waals surface area contributed by atoms with Gasteiger partial charge in [0.1, 0.15) is 5.82 Å². The lowest BCUT2D eigenvalue weighted by molar-refractivity contribution is 0.624. The molecule has 0 fully saturated rings. The number of fused-ring (bicyclic) bond motifs is 1. The van der Waals surface area contributed by atoms with Crippen LogP contribution in [0.4, 0.5) is 4.39 Å². The number of benzene rings is 2. The van der Waals surface area contributed by atoms with Gasteiger partial charge in [-0.25, -0.2) is 4.39 Å². The van der Waals surface area contributed by atoms with E-state index in [1.165, 1.54) is 11.6 Å². The summed E-state index contributed by atoms with van der Waals surface area (Å²) in [5, 5.41) is 5.39. The van der Waals surface area contributed by atoms with Crippen LogP contribution in [0.3, 0.4) is 0 Å². The van der Waals surface area contributed by atoms with Crippen LogP contribution in [0.2, 0.25) is 0 Å². The Morgan fingerprint density at radius 3 is 2.68 bits per heavy atom. The lowest BCUT2D eigenvalue weighted by Gasteiger charge is -2.03. The van der Waals surface area contributed by atoms with Gasteiger partial charge in [0, 0.05) is 11.9 Å². The van der Waals surface area contributed by atoms with Crippen LogP contribution in [0.5, 0.6) is 0 Å². The summed E-state index contributed by atoms with van der Waals surface area (Å²) in [4.78, 5) is 0. The molecule has 0 saturated heterocycles. The zero-order chi connectivity index (χ0) is 13.2. The molecule has 0 N–H and O–H groups in total. The first-order valence-corrected chi connectivity index (χ1v) is 6.40. The normalized spacial score (nSPS) is 11.1. The maximum atomic E-state index is 13.2. The minimum absolute atomic E-state index is 0.210. The molecule has 3 aromatic rings. The summed E-state index contributed by atoms with van der Waals surface area (Å²) in [5.74, 6) is -0.210. The highest BCUT2D eigenvalue weighted by Gasteiger charge is 2.08. The fourth-order valence-electron chi connectivity index (χ4n) is 2.36. The summed E-state index contributed by atoms with van der Waals surface area (Å²) in [7, 11) is 0. The molecule has 19 heavy (non-hydrogen) atoms. The van der Waals surface area contributed by atoms with E-state index < -0.39 is 0 Å². The highest BCUT2D eigenvalue weighted by Crippen LogP contribution is 2.19. The lowest BCUT2D eigenvalue weighted by atomic mass is 10.1. The van der Waals surface area contributed by atoms with E-state index in [0.717, 1.165) is 29.6 Å². The molecule has 3 rings (SSSR count). The Balaban J connectivity index is 1.89. The number of halogens is 1. The molecular formula is C16H15FN2. The van der Waals surface area contributed by atoms with Gasteiger partial charge in [-0.3, -0.25) is 4.68 Å². The smallest absolute Gasteiger partial charge is 0.124 e. The predicted octanol–water partition coefficient (Wildman–Crippen LogP) is 3.73. The Morgan fingerprint density at radius 1 is 1.11 bits per heavy atom. The van der Waals surface area contributed by atoms with Crippen molar-refractivity contribution in [3.05, 3.63) is 65.6 Å². The second kappa shape index (κ2) is 4.84. The first-order valence-electron chi connectivity index (χ1n) is 6.40. The van der Waals surface area contributed by atoms with Crippen LogP contribution in [0.25, 0.3) is 10.9 Å². The molecular weight excluding hydrogens is 239 g/mol. The Morgan fingerprint density at radius 2 is 1.89 bits per heavy atom. The number of hydrogen-bond acceptors (Lipinski definition) is 1. The summed E-state index contributed by atoms with van der Waals surface area (Å²) < 4.78 is 15.2. The summed E-state index contributed by atoms with van der Waals surface area (Å²) in [6, 6.07) is 15.2. The average Bonchev–Trinajstić information content (AvgIpc) is 2.74. The molecule has 0 aliphatic rings. The Bertz CT molecular complexity index is 701. The topological polar surface area (TPSA) is 17.8 Å². The fraction of sp³-hybridized carbons (Fsp3) is 0.188. The van der Waals surface area contributed by atoms with Crippen molar-refractivity contribution in [1.29, 1.82) is 0 Å². The molecule has 1 heterocycles. The molecule has 0 amide bonds. The maximum absolute atomic E-state index is 13.2. The van der Waals surface area contributed by atoms with Gasteiger partial charge in [-0.05, 0) is 37.1 Å². The fourth-order valence-corrected chi connectivity index (χ4v) is 2.36. The zero-order valence-corrected chi connectivity index (χ0v) is 10.8. The van der Waals surface area contributed by atoms with Crippen molar-refractivity contribution in [2.24, 2.45) is 0 Å². The maximum Gasteiger partial charge on any atom is 0.124 e. The standard InChI is InChI=1S/C16H15FN2/c1-12-15-11-14(17)7-8-16(15)19(18-12)10-9-13-5-3-2-4-6-13/h2-8,11H,9-10H2,1H3. The van der Waals surface area contributed by atoms with E-state index >= 15 is 0 Å². The number of nitrogens with zero attached hydrogens (tertiary/aromatic N) is 2. The van der Waals surface area contributed by atoms with Crippen molar-refractivity contribution < 1.29 is 4.39 Å². The Labute approximate surface area is 111 Å². The molecule has 0 radical (unpaired) electrons. The van der Waals surface area contributed by atoms with E-state index in [4.69, 9.17) is 0 Å². The average molecular weight is 254 g/mol. The molecule has 1 aromatic heterocycles. The monoisotopic (exact) mass is 254 g/mol. The van der Waals surface area contributed by atoms with Crippen molar-refractivity contribution in [3.63, 3.8) is 0 Å². The van der Waals surface area contributed by atoms with Gasteiger partial charge in [-0.2, -0.15) is 5.10 Å². The van der Waals surface area contributed by atoms with Crippen molar-refractivity contribution in [1.82, 2.24) is 9.78 Å². The van der Waals surface area contributed by atoms with E-state index in [1.807, 2.05) is 29.8 Å². The molecule has 2 nitrogen and oxygen atoms in total. The minimum atomic E-state index is -0.210. The van der Waals surface area contributed by atoms with Gasteiger partial charge in [0.05, 0.1) is 11.2 Å². The van der Waals surface area contributed by atoms with Crippen molar-refractivity contribution in [3.8, 4) is 0 Å². The third kappa shape index (κ3) is 2.36. The number of aromatic nitrogens is 2. The van der Waals surface area contributed by atoms with E-state index in [1.54, 1.807) is 12.1 Å².